The van der Waals surface area contributed by atoms with Crippen LogP contribution in [0.5, 0.6) is 0 Å². The second kappa shape index (κ2) is 8.60. The van der Waals surface area contributed by atoms with Gasteiger partial charge in [0.15, 0.2) is 0 Å². The first-order valence-electron chi connectivity index (χ1n) is 15.0. The fraction of sp³-hybridized carbons (Fsp3) is 0.969. The predicted octanol–water partition coefficient (Wildman–Crippen LogP) is 9.09. The molecule has 2 nitrogen and oxygen atoms in total. The maximum atomic E-state index is 12.2. The van der Waals surface area contributed by atoms with Crippen LogP contribution in [0.15, 0.2) is 0 Å². The quantitative estimate of drug-likeness (QED) is 0.185. The molecule has 0 radical (unpaired) electrons. The first-order valence-corrected chi connectivity index (χ1v) is 16.5. The van der Waals surface area contributed by atoms with Gasteiger partial charge in [-0.2, -0.15) is 0 Å². The minimum atomic E-state index is -0.0255. The van der Waals surface area contributed by atoms with Crippen LogP contribution in [0, 0.1) is 62.6 Å². The van der Waals surface area contributed by atoms with Crippen LogP contribution in [-0.2, 0) is 9.53 Å². The average Bonchev–Trinajstić information content (AvgIpc) is 3.14. The minimum absolute atomic E-state index is 0.0255. The van der Waals surface area contributed by atoms with Crippen molar-refractivity contribution in [1.29, 1.82) is 0 Å². The van der Waals surface area contributed by atoms with E-state index in [1.54, 1.807) is 0 Å². The van der Waals surface area contributed by atoms with Gasteiger partial charge >= 0.3 is 5.97 Å². The Kier molecular flexibility index (Phi) is 6.58. The van der Waals surface area contributed by atoms with Crippen molar-refractivity contribution >= 4 is 28.6 Å². The number of hydrogen-bond donors (Lipinski definition) is 0. The molecule has 0 aliphatic heterocycles. The van der Waals surface area contributed by atoms with E-state index >= 15 is 0 Å². The van der Waals surface area contributed by atoms with Gasteiger partial charge in [-0.25, -0.2) is 0 Å². The summed E-state index contributed by atoms with van der Waals surface area (Å²) in [6, 6.07) is 0. The van der Waals surface area contributed by atoms with Crippen molar-refractivity contribution in [2.24, 2.45) is 62.6 Å². The molecule has 5 fully saturated rings. The molecule has 0 aromatic carbocycles. The lowest BCUT2D eigenvalue weighted by atomic mass is 9.32. The summed E-state index contributed by atoms with van der Waals surface area (Å²) in [6.45, 7) is 20.7. The van der Waals surface area contributed by atoms with Crippen molar-refractivity contribution in [2.45, 2.75) is 126 Å². The first-order chi connectivity index (χ1) is 16.2. The van der Waals surface area contributed by atoms with E-state index in [2.05, 4.69) is 78.0 Å². The standard InChI is InChI=1S/C32H53IO2/c1-20(2)21-11-14-29(5)17-18-31(7)22(27(21)29)9-10-24-30(6)15-13-25(35-26(34)19-33)28(3,4)23(30)12-16-32(24,31)8/h20-25,27H,9-19H2,1-8H3/t21-,22+,23-,24+,25+,27+,29+,30+,31+,32+/m0/s1. The van der Waals surface area contributed by atoms with E-state index in [9.17, 15) is 4.79 Å². The van der Waals surface area contributed by atoms with Gasteiger partial charge in [0.1, 0.15) is 6.10 Å². The molecule has 10 atom stereocenters. The predicted molar refractivity (Wildman–Crippen MR) is 153 cm³/mol. The van der Waals surface area contributed by atoms with E-state index in [-0.39, 0.29) is 17.5 Å². The fourth-order valence-electron chi connectivity index (χ4n) is 12.1. The number of halogens is 1. The largest absolute Gasteiger partial charge is 0.461 e. The topological polar surface area (TPSA) is 26.3 Å². The highest BCUT2D eigenvalue weighted by Gasteiger charge is 2.70. The Hall–Kier alpha value is 0.200. The van der Waals surface area contributed by atoms with Gasteiger partial charge in [-0.15, -0.1) is 0 Å². The third-order valence-electron chi connectivity index (χ3n) is 14.1. The molecule has 5 aliphatic carbocycles. The number of rotatable bonds is 3. The van der Waals surface area contributed by atoms with Crippen LogP contribution in [0.2, 0.25) is 0 Å². The summed E-state index contributed by atoms with van der Waals surface area (Å²) in [7, 11) is 0. The highest BCUT2D eigenvalue weighted by atomic mass is 127. The normalized spacial score (nSPS) is 52.7. The van der Waals surface area contributed by atoms with E-state index in [0.717, 1.165) is 36.0 Å². The van der Waals surface area contributed by atoms with Crippen molar-refractivity contribution in [3.63, 3.8) is 0 Å². The highest BCUT2D eigenvalue weighted by molar-refractivity contribution is 14.1. The lowest BCUT2D eigenvalue weighted by Crippen LogP contribution is -2.66. The van der Waals surface area contributed by atoms with E-state index in [1.807, 2.05) is 0 Å². The average molecular weight is 597 g/mol. The molecule has 0 heterocycles. The van der Waals surface area contributed by atoms with Gasteiger partial charge in [0.25, 0.3) is 0 Å². The summed E-state index contributed by atoms with van der Waals surface area (Å²) >= 11 is 2.15. The zero-order chi connectivity index (χ0) is 25.6. The molecule has 0 saturated heterocycles. The summed E-state index contributed by atoms with van der Waals surface area (Å²) in [5.74, 6) is 5.03. The molecule has 0 aromatic heterocycles. The van der Waals surface area contributed by atoms with Gasteiger partial charge in [-0.3, -0.25) is 4.79 Å². The molecule has 3 heteroatoms. The number of alkyl halides is 1. The second-order valence-corrected chi connectivity index (χ2v) is 16.5. The third-order valence-corrected chi connectivity index (χ3v) is 14.7. The Bertz CT molecular complexity index is 851. The van der Waals surface area contributed by atoms with Crippen molar-refractivity contribution in [2.75, 3.05) is 4.43 Å². The molecule has 0 unspecified atom stereocenters. The van der Waals surface area contributed by atoms with Crippen LogP contribution in [-0.4, -0.2) is 16.5 Å². The summed E-state index contributed by atoms with van der Waals surface area (Å²) in [4.78, 5) is 12.2. The summed E-state index contributed by atoms with van der Waals surface area (Å²) in [5, 5.41) is 0. The molecule has 0 aromatic rings. The number of carbonyl (C=O) groups is 1. The summed E-state index contributed by atoms with van der Waals surface area (Å²) < 4.78 is 6.53. The van der Waals surface area contributed by atoms with E-state index < -0.39 is 0 Å². The summed E-state index contributed by atoms with van der Waals surface area (Å²) in [6.07, 6.45) is 13.8. The van der Waals surface area contributed by atoms with Crippen LogP contribution >= 0.6 is 22.6 Å². The summed E-state index contributed by atoms with van der Waals surface area (Å²) in [5.41, 5.74) is 1.93. The maximum absolute atomic E-state index is 12.2. The molecule has 0 amide bonds. The first kappa shape index (κ1) is 26.8. The van der Waals surface area contributed by atoms with Crippen LogP contribution in [0.25, 0.3) is 0 Å². The van der Waals surface area contributed by atoms with Crippen molar-refractivity contribution in [1.82, 2.24) is 0 Å². The molecule has 0 bridgehead atoms. The molecular weight excluding hydrogens is 543 g/mol. The Morgan fingerprint density at radius 3 is 2.20 bits per heavy atom. The zero-order valence-electron chi connectivity index (χ0n) is 24.0. The van der Waals surface area contributed by atoms with Gasteiger partial charge in [-0.05, 0) is 121 Å². The van der Waals surface area contributed by atoms with E-state index in [4.69, 9.17) is 4.74 Å². The van der Waals surface area contributed by atoms with Crippen LogP contribution in [0.4, 0.5) is 0 Å². The molecule has 5 aliphatic rings. The van der Waals surface area contributed by atoms with Gasteiger partial charge in [0.2, 0.25) is 0 Å². The molecule has 5 rings (SSSR count). The minimum Gasteiger partial charge on any atom is -0.461 e. The highest BCUT2D eigenvalue weighted by Crippen LogP contribution is 2.77. The van der Waals surface area contributed by atoms with Crippen molar-refractivity contribution < 1.29 is 9.53 Å². The van der Waals surface area contributed by atoms with E-state index in [1.165, 1.54) is 57.8 Å². The monoisotopic (exact) mass is 596 g/mol. The molecule has 0 N–H and O–H groups in total. The van der Waals surface area contributed by atoms with Crippen LogP contribution < -0.4 is 0 Å². The lowest BCUT2D eigenvalue weighted by molar-refractivity contribution is -0.250. The molecular formula is C32H53IO2. The number of fused-ring (bicyclic) bond motifs is 7. The molecule has 0 spiro atoms. The number of hydrogen-bond acceptors (Lipinski definition) is 2. The Morgan fingerprint density at radius 2 is 1.54 bits per heavy atom. The van der Waals surface area contributed by atoms with Gasteiger partial charge < -0.3 is 4.74 Å². The van der Waals surface area contributed by atoms with Crippen molar-refractivity contribution in [3.8, 4) is 0 Å². The van der Waals surface area contributed by atoms with Crippen molar-refractivity contribution in [3.05, 3.63) is 0 Å². The molecule has 35 heavy (non-hydrogen) atoms. The van der Waals surface area contributed by atoms with Gasteiger partial charge in [0, 0.05) is 5.41 Å². The van der Waals surface area contributed by atoms with Crippen LogP contribution in [0.3, 0.4) is 0 Å². The Morgan fingerprint density at radius 1 is 0.829 bits per heavy atom. The lowest BCUT2D eigenvalue weighted by Gasteiger charge is -2.73. The number of ether oxygens (including phenoxy) is 1. The smallest absolute Gasteiger partial charge is 0.316 e. The third kappa shape index (κ3) is 3.60. The Labute approximate surface area is 230 Å². The van der Waals surface area contributed by atoms with Crippen LogP contribution in [0.1, 0.15) is 120 Å². The number of carbonyl (C=O) groups excluding carboxylic acids is 1. The van der Waals surface area contributed by atoms with E-state index in [0.29, 0.717) is 32.0 Å². The maximum Gasteiger partial charge on any atom is 0.316 e. The fourth-order valence-corrected chi connectivity index (χ4v) is 12.3. The van der Waals surface area contributed by atoms with Gasteiger partial charge in [-0.1, -0.05) is 78.0 Å². The second-order valence-electron chi connectivity index (χ2n) is 15.8. The molecule has 200 valence electrons. The van der Waals surface area contributed by atoms with Gasteiger partial charge in [0.05, 0.1) is 4.43 Å². The Balaban J connectivity index is 1.47. The SMILES string of the molecule is CC(C)[C@@H]1CC[C@]2(C)CC[C@]3(C)[C@H](CC[C@@H]4[C@]5(C)CC[C@@H](OC(=O)CI)C(C)(C)[C@@H]5CC[C@]43C)[C@@H]12. The zero-order valence-corrected chi connectivity index (χ0v) is 26.2. The number of esters is 1. The molecule has 5 saturated carbocycles.